The summed E-state index contributed by atoms with van der Waals surface area (Å²) in [6, 6.07) is 44.0. The molecule has 4 aromatic carbocycles. The molecule has 0 radical (unpaired) electrons. The van der Waals surface area contributed by atoms with Gasteiger partial charge in [0.2, 0.25) is 0 Å². The molecule has 5 rings (SSSR count). The van der Waals surface area contributed by atoms with E-state index in [1.807, 2.05) is 0 Å². The average Bonchev–Trinajstić information content (AvgIpc) is 3.03. The van der Waals surface area contributed by atoms with Crippen LogP contribution in [0.5, 0.6) is 0 Å². The second-order valence-corrected chi connectivity index (χ2v) is 11.4. The molecule has 4 nitrogen and oxygen atoms in total. The van der Waals surface area contributed by atoms with Gasteiger partial charge in [-0.25, -0.2) is 0 Å². The van der Waals surface area contributed by atoms with Crippen molar-refractivity contribution in [3.63, 3.8) is 0 Å². The van der Waals surface area contributed by atoms with E-state index in [2.05, 4.69) is 141 Å². The second kappa shape index (κ2) is 16.2. The van der Waals surface area contributed by atoms with Crippen LogP contribution < -0.4 is 0 Å². The summed E-state index contributed by atoms with van der Waals surface area (Å²) in [5.74, 6) is 0. The lowest BCUT2D eigenvalue weighted by atomic mass is 10.2. The molecule has 1 heterocycles. The Labute approximate surface area is 247 Å². The fourth-order valence-electron chi connectivity index (χ4n) is 5.81. The number of hydrogen-bond acceptors (Lipinski definition) is 4. The summed E-state index contributed by atoms with van der Waals surface area (Å²) in [6.45, 7) is 12.7. The van der Waals surface area contributed by atoms with E-state index in [0.29, 0.717) is 0 Å². The fourth-order valence-corrected chi connectivity index (χ4v) is 5.81. The van der Waals surface area contributed by atoms with Gasteiger partial charge >= 0.3 is 0 Å². The minimum absolute atomic E-state index is 0.999. The Kier molecular flexibility index (Phi) is 11.6. The molecule has 0 aliphatic carbocycles. The lowest BCUT2D eigenvalue weighted by molar-refractivity contribution is 0.162. The normalized spacial score (nSPS) is 17.4. The highest BCUT2D eigenvalue weighted by Crippen LogP contribution is 2.13. The van der Waals surface area contributed by atoms with Gasteiger partial charge in [0, 0.05) is 65.4 Å². The van der Waals surface area contributed by atoms with E-state index in [-0.39, 0.29) is 0 Å². The number of benzene rings is 4. The van der Waals surface area contributed by atoms with Gasteiger partial charge in [0.1, 0.15) is 0 Å². The molecule has 0 spiro atoms. The Bertz CT molecular complexity index is 1130. The summed E-state index contributed by atoms with van der Waals surface area (Å²) >= 11 is 0. The first-order valence-electron chi connectivity index (χ1n) is 15.4. The standard InChI is InChI=1S/C37H46N4/c1-5-14-34(15-6-1)30-38-22-13-23-39(31-35-16-7-2-8-17-35)25-27-41(33-37-20-11-4-12-21-37)29-28-40(26-24-38)32-36-18-9-3-10-19-36/h1-12,14-21H,13,22-33H2. The first-order chi connectivity index (χ1) is 20.3. The Morgan fingerprint density at radius 2 is 0.512 bits per heavy atom. The van der Waals surface area contributed by atoms with Crippen molar-refractivity contribution >= 4 is 0 Å². The Hall–Kier alpha value is -3.28. The minimum atomic E-state index is 0.999. The predicted molar refractivity (Wildman–Crippen MR) is 171 cm³/mol. The molecule has 4 aromatic rings. The van der Waals surface area contributed by atoms with Crippen LogP contribution in [0.1, 0.15) is 28.7 Å². The van der Waals surface area contributed by atoms with Gasteiger partial charge in [-0.1, -0.05) is 121 Å². The molecule has 41 heavy (non-hydrogen) atoms. The Morgan fingerprint density at radius 3 is 0.756 bits per heavy atom. The molecule has 0 bridgehead atoms. The third kappa shape index (κ3) is 10.2. The van der Waals surface area contributed by atoms with E-state index in [0.717, 1.165) is 78.5 Å². The van der Waals surface area contributed by atoms with Crippen LogP contribution in [0.3, 0.4) is 0 Å². The van der Waals surface area contributed by atoms with Gasteiger partial charge in [-0.2, -0.15) is 0 Å². The van der Waals surface area contributed by atoms with Crippen molar-refractivity contribution in [3.8, 4) is 0 Å². The molecule has 0 atom stereocenters. The molecule has 1 fully saturated rings. The number of hydrogen-bond donors (Lipinski definition) is 0. The second-order valence-electron chi connectivity index (χ2n) is 11.4. The molecule has 0 unspecified atom stereocenters. The smallest absolute Gasteiger partial charge is 0.0234 e. The zero-order chi connectivity index (χ0) is 28.0. The van der Waals surface area contributed by atoms with Gasteiger partial charge in [0.05, 0.1) is 0 Å². The molecule has 0 saturated carbocycles. The van der Waals surface area contributed by atoms with Crippen LogP contribution in [0.2, 0.25) is 0 Å². The summed E-state index contributed by atoms with van der Waals surface area (Å²) in [5, 5.41) is 0. The molecule has 0 aromatic heterocycles. The van der Waals surface area contributed by atoms with Crippen molar-refractivity contribution in [1.82, 2.24) is 19.6 Å². The summed E-state index contributed by atoms with van der Waals surface area (Å²) in [6.07, 6.45) is 1.18. The van der Waals surface area contributed by atoms with Crippen LogP contribution in [0.25, 0.3) is 0 Å². The molecular weight excluding hydrogens is 500 g/mol. The van der Waals surface area contributed by atoms with Crippen LogP contribution in [0, 0.1) is 0 Å². The molecule has 4 heteroatoms. The molecule has 0 N–H and O–H groups in total. The minimum Gasteiger partial charge on any atom is -0.298 e. The van der Waals surface area contributed by atoms with E-state index in [4.69, 9.17) is 0 Å². The molecule has 0 amide bonds. The maximum absolute atomic E-state index is 2.67. The Balaban J connectivity index is 1.34. The van der Waals surface area contributed by atoms with Gasteiger partial charge in [-0.3, -0.25) is 19.6 Å². The third-order valence-electron chi connectivity index (χ3n) is 8.14. The molecule has 1 saturated heterocycles. The highest BCUT2D eigenvalue weighted by atomic mass is 15.2. The number of rotatable bonds is 8. The lowest BCUT2D eigenvalue weighted by Gasteiger charge is -2.30. The highest BCUT2D eigenvalue weighted by Gasteiger charge is 2.17. The van der Waals surface area contributed by atoms with Crippen LogP contribution in [-0.2, 0) is 26.2 Å². The first-order valence-corrected chi connectivity index (χ1v) is 15.4. The van der Waals surface area contributed by atoms with Crippen molar-refractivity contribution < 1.29 is 0 Å². The predicted octanol–water partition coefficient (Wildman–Crippen LogP) is 6.40. The van der Waals surface area contributed by atoms with Crippen LogP contribution in [-0.4, -0.2) is 72.0 Å². The van der Waals surface area contributed by atoms with Crippen LogP contribution >= 0.6 is 0 Å². The van der Waals surface area contributed by atoms with Crippen molar-refractivity contribution in [2.45, 2.75) is 32.6 Å². The van der Waals surface area contributed by atoms with Crippen molar-refractivity contribution in [2.24, 2.45) is 0 Å². The largest absolute Gasteiger partial charge is 0.298 e. The summed E-state index contributed by atoms with van der Waals surface area (Å²) in [7, 11) is 0. The first kappa shape index (κ1) is 29.2. The lowest BCUT2D eigenvalue weighted by Crippen LogP contribution is -2.40. The van der Waals surface area contributed by atoms with Gasteiger partial charge in [0.15, 0.2) is 0 Å². The average molecular weight is 547 g/mol. The van der Waals surface area contributed by atoms with Crippen LogP contribution in [0.15, 0.2) is 121 Å². The zero-order valence-electron chi connectivity index (χ0n) is 24.5. The van der Waals surface area contributed by atoms with Gasteiger partial charge in [-0.05, 0) is 41.8 Å². The molecular formula is C37H46N4. The van der Waals surface area contributed by atoms with E-state index >= 15 is 0 Å². The molecule has 1 aliphatic rings. The topological polar surface area (TPSA) is 13.0 Å². The Morgan fingerprint density at radius 1 is 0.293 bits per heavy atom. The SMILES string of the molecule is c1ccc(CN2CCCN(Cc3ccccc3)CCN(Cc3ccccc3)CCN(Cc3ccccc3)CC2)cc1. The van der Waals surface area contributed by atoms with E-state index < -0.39 is 0 Å². The quantitative estimate of drug-likeness (QED) is 0.254. The third-order valence-corrected chi connectivity index (χ3v) is 8.14. The monoisotopic (exact) mass is 546 g/mol. The van der Waals surface area contributed by atoms with Crippen molar-refractivity contribution in [2.75, 3.05) is 52.4 Å². The van der Waals surface area contributed by atoms with Gasteiger partial charge in [0.25, 0.3) is 0 Å². The number of nitrogens with zero attached hydrogens (tertiary/aromatic N) is 4. The maximum Gasteiger partial charge on any atom is 0.0234 e. The van der Waals surface area contributed by atoms with Crippen LogP contribution in [0.4, 0.5) is 0 Å². The fraction of sp³-hybridized carbons (Fsp3) is 0.351. The maximum atomic E-state index is 2.67. The summed E-state index contributed by atoms with van der Waals surface area (Å²) in [5.41, 5.74) is 5.60. The van der Waals surface area contributed by atoms with Crippen molar-refractivity contribution in [3.05, 3.63) is 144 Å². The highest BCUT2D eigenvalue weighted by molar-refractivity contribution is 5.17. The van der Waals surface area contributed by atoms with E-state index in [9.17, 15) is 0 Å². The molecule has 1 aliphatic heterocycles. The van der Waals surface area contributed by atoms with Gasteiger partial charge < -0.3 is 0 Å². The molecule has 214 valence electrons. The van der Waals surface area contributed by atoms with E-state index in [1.54, 1.807) is 0 Å². The zero-order valence-corrected chi connectivity index (χ0v) is 24.5. The van der Waals surface area contributed by atoms with Gasteiger partial charge in [-0.15, -0.1) is 0 Å². The van der Waals surface area contributed by atoms with Crippen molar-refractivity contribution in [1.29, 1.82) is 0 Å². The summed E-state index contributed by atoms with van der Waals surface area (Å²) < 4.78 is 0. The summed E-state index contributed by atoms with van der Waals surface area (Å²) in [4.78, 5) is 10.7. The van der Waals surface area contributed by atoms with E-state index in [1.165, 1.54) is 28.7 Å².